The molecule has 0 fully saturated rings. The number of carbonyl (C=O) groups excluding carboxylic acids is 2. The fraction of sp³-hybridized carbons (Fsp3) is 0.421. The summed E-state index contributed by atoms with van der Waals surface area (Å²) in [5.74, 6) is -2.31. The minimum absolute atomic E-state index is 0.0419. The van der Waals surface area contributed by atoms with Crippen molar-refractivity contribution in [2.75, 3.05) is 18.6 Å². The number of alkyl halides is 3. The predicted octanol–water partition coefficient (Wildman–Crippen LogP) is 2.25. The van der Waals surface area contributed by atoms with Crippen molar-refractivity contribution >= 4 is 17.5 Å². The van der Waals surface area contributed by atoms with Gasteiger partial charge in [0.1, 0.15) is 12.4 Å². The Morgan fingerprint density at radius 1 is 1.31 bits per heavy atom. The van der Waals surface area contributed by atoms with Crippen molar-refractivity contribution in [1.29, 1.82) is 0 Å². The second-order valence-corrected chi connectivity index (χ2v) is 7.26. The molecule has 1 aliphatic carbocycles. The van der Waals surface area contributed by atoms with Crippen LogP contribution in [-0.4, -0.2) is 41.4 Å². The minimum Gasteiger partial charge on any atom is -0.489 e. The molecule has 154 valence electrons. The lowest BCUT2D eigenvalue weighted by Gasteiger charge is -2.27. The van der Waals surface area contributed by atoms with E-state index >= 15 is 0 Å². The third kappa shape index (κ3) is 3.22. The molecule has 0 saturated heterocycles. The van der Waals surface area contributed by atoms with E-state index in [9.17, 15) is 22.8 Å². The van der Waals surface area contributed by atoms with Gasteiger partial charge in [0.15, 0.2) is 11.7 Å². The molecule has 0 saturated carbocycles. The fourth-order valence-electron chi connectivity index (χ4n) is 3.99. The topological polar surface area (TPSA) is 90.5 Å². The molecule has 2 aromatic rings. The number of halogens is 3. The van der Waals surface area contributed by atoms with Crippen molar-refractivity contribution in [2.24, 2.45) is 11.7 Å². The van der Waals surface area contributed by atoms with Crippen LogP contribution in [0.4, 0.5) is 18.9 Å². The van der Waals surface area contributed by atoms with Crippen molar-refractivity contribution in [2.45, 2.75) is 31.5 Å². The van der Waals surface area contributed by atoms with Crippen molar-refractivity contribution in [3.63, 3.8) is 0 Å². The SMILES string of the molecule is CN1C(=O)[C@@H](n2nc(C(N)=O)c3c2CCC(C(F)(F)F)C3)COc2ccccc21. The number of benzene rings is 1. The molecule has 7 nitrogen and oxygen atoms in total. The number of nitrogens with two attached hydrogens (primary N) is 1. The molecule has 1 unspecified atom stereocenters. The van der Waals surface area contributed by atoms with E-state index in [0.29, 0.717) is 17.1 Å². The Balaban J connectivity index is 1.75. The van der Waals surface area contributed by atoms with E-state index < -0.39 is 24.0 Å². The first kappa shape index (κ1) is 19.3. The number of aromatic nitrogens is 2. The van der Waals surface area contributed by atoms with Gasteiger partial charge in [0.25, 0.3) is 11.8 Å². The lowest BCUT2D eigenvalue weighted by Crippen LogP contribution is -2.37. The van der Waals surface area contributed by atoms with Crippen molar-refractivity contribution in [3.05, 3.63) is 41.2 Å². The number of rotatable bonds is 2. The van der Waals surface area contributed by atoms with E-state index in [1.54, 1.807) is 31.3 Å². The summed E-state index contributed by atoms with van der Waals surface area (Å²) < 4.78 is 46.8. The standard InChI is InChI=1S/C19H19F3N4O3/c1-25-13-4-2-3-5-15(13)29-9-14(18(25)28)26-12-7-6-10(19(20,21)22)8-11(12)16(24-26)17(23)27/h2-5,10,14H,6-9H2,1H3,(H2,23,27)/t10?,14-/m0/s1. The molecule has 2 N–H and O–H groups in total. The van der Waals surface area contributed by atoms with Crippen LogP contribution in [0.3, 0.4) is 0 Å². The first-order chi connectivity index (χ1) is 13.7. The first-order valence-electron chi connectivity index (χ1n) is 9.14. The molecule has 10 heteroatoms. The minimum atomic E-state index is -4.38. The Hall–Kier alpha value is -3.04. The summed E-state index contributed by atoms with van der Waals surface area (Å²) in [6, 6.07) is 6.08. The Morgan fingerprint density at radius 3 is 2.72 bits per heavy atom. The molecule has 2 amide bonds. The lowest BCUT2D eigenvalue weighted by molar-refractivity contribution is -0.177. The average molecular weight is 408 g/mol. The van der Waals surface area contributed by atoms with Gasteiger partial charge in [0.2, 0.25) is 0 Å². The molecule has 2 heterocycles. The number of likely N-dealkylation sites (N-methyl/N-ethyl adjacent to an activating group) is 1. The summed E-state index contributed by atoms with van der Waals surface area (Å²) in [5.41, 5.74) is 6.34. The summed E-state index contributed by atoms with van der Waals surface area (Å²) in [7, 11) is 1.59. The smallest absolute Gasteiger partial charge is 0.392 e. The van der Waals surface area contributed by atoms with Crippen LogP contribution in [0.1, 0.15) is 34.2 Å². The number of primary amides is 1. The van der Waals surface area contributed by atoms with Crippen molar-refractivity contribution < 1.29 is 27.5 Å². The zero-order valence-electron chi connectivity index (χ0n) is 15.6. The maximum absolute atomic E-state index is 13.2. The Morgan fingerprint density at radius 2 is 2.03 bits per heavy atom. The Bertz CT molecular complexity index is 986. The number of nitrogens with zero attached hydrogens (tertiary/aromatic N) is 3. The van der Waals surface area contributed by atoms with E-state index in [-0.39, 0.29) is 43.0 Å². The van der Waals surface area contributed by atoms with Gasteiger partial charge in [-0.05, 0) is 31.4 Å². The molecular formula is C19H19F3N4O3. The van der Waals surface area contributed by atoms with Gasteiger partial charge in [-0.3, -0.25) is 14.3 Å². The van der Waals surface area contributed by atoms with Gasteiger partial charge >= 0.3 is 6.18 Å². The largest absolute Gasteiger partial charge is 0.489 e. The van der Waals surface area contributed by atoms with Crippen LogP contribution in [-0.2, 0) is 17.6 Å². The number of amides is 2. The monoisotopic (exact) mass is 408 g/mol. The molecule has 2 aliphatic rings. The van der Waals surface area contributed by atoms with Crippen molar-refractivity contribution in [3.8, 4) is 5.75 Å². The molecular weight excluding hydrogens is 389 g/mol. The Kier molecular flexibility index (Phi) is 4.51. The van der Waals surface area contributed by atoms with Gasteiger partial charge < -0.3 is 15.4 Å². The summed E-state index contributed by atoms with van der Waals surface area (Å²) >= 11 is 0. The maximum Gasteiger partial charge on any atom is 0.392 e. The van der Waals surface area contributed by atoms with Crippen LogP contribution in [0.5, 0.6) is 5.75 Å². The molecule has 0 radical (unpaired) electrons. The maximum atomic E-state index is 13.2. The third-order valence-corrected chi connectivity index (χ3v) is 5.53. The van der Waals surface area contributed by atoms with E-state index in [4.69, 9.17) is 10.5 Å². The van der Waals surface area contributed by atoms with E-state index in [1.165, 1.54) is 9.58 Å². The summed E-state index contributed by atoms with van der Waals surface area (Å²) in [6.45, 7) is -0.0603. The zero-order valence-corrected chi connectivity index (χ0v) is 15.6. The van der Waals surface area contributed by atoms with Crippen molar-refractivity contribution in [1.82, 2.24) is 9.78 Å². The number of anilines is 1. The predicted molar refractivity (Wildman–Crippen MR) is 96.7 cm³/mol. The summed E-state index contributed by atoms with van der Waals surface area (Å²) in [5, 5.41) is 4.17. The fourth-order valence-corrected chi connectivity index (χ4v) is 3.99. The van der Waals surface area contributed by atoms with Gasteiger partial charge in [-0.15, -0.1) is 0 Å². The number of hydrogen-bond acceptors (Lipinski definition) is 4. The number of para-hydroxylation sites is 2. The number of ether oxygens (including phenoxy) is 1. The molecule has 1 aliphatic heterocycles. The quantitative estimate of drug-likeness (QED) is 0.825. The zero-order chi connectivity index (χ0) is 20.9. The average Bonchev–Trinajstić information content (AvgIpc) is 3.00. The van der Waals surface area contributed by atoms with Crippen LogP contribution < -0.4 is 15.4 Å². The Labute approximate surface area is 164 Å². The van der Waals surface area contributed by atoms with Gasteiger partial charge in [0, 0.05) is 18.3 Å². The van der Waals surface area contributed by atoms with Crippen LogP contribution >= 0.6 is 0 Å². The van der Waals surface area contributed by atoms with Gasteiger partial charge in [-0.25, -0.2) is 0 Å². The highest BCUT2D eigenvalue weighted by molar-refractivity contribution is 5.98. The van der Waals surface area contributed by atoms with Gasteiger partial charge in [0.05, 0.1) is 11.6 Å². The van der Waals surface area contributed by atoms with E-state index in [0.717, 1.165) is 0 Å². The highest BCUT2D eigenvalue weighted by Crippen LogP contribution is 2.40. The highest BCUT2D eigenvalue weighted by atomic mass is 19.4. The number of fused-ring (bicyclic) bond motifs is 2. The lowest BCUT2D eigenvalue weighted by atomic mass is 9.85. The van der Waals surface area contributed by atoms with Crippen LogP contribution in [0.2, 0.25) is 0 Å². The molecule has 1 aromatic carbocycles. The second-order valence-electron chi connectivity index (χ2n) is 7.26. The molecule has 0 spiro atoms. The molecule has 0 bridgehead atoms. The molecule has 4 rings (SSSR count). The molecule has 29 heavy (non-hydrogen) atoms. The highest BCUT2D eigenvalue weighted by Gasteiger charge is 2.44. The van der Waals surface area contributed by atoms with Gasteiger partial charge in [-0.2, -0.15) is 18.3 Å². The van der Waals surface area contributed by atoms with Gasteiger partial charge in [-0.1, -0.05) is 12.1 Å². The van der Waals surface area contributed by atoms with Crippen LogP contribution in [0, 0.1) is 5.92 Å². The summed E-state index contributed by atoms with van der Waals surface area (Å²) in [4.78, 5) is 26.4. The summed E-state index contributed by atoms with van der Waals surface area (Å²) in [6.07, 6.45) is -4.86. The number of carbonyl (C=O) groups is 2. The van der Waals surface area contributed by atoms with Crippen LogP contribution in [0.25, 0.3) is 0 Å². The second kappa shape index (κ2) is 6.78. The third-order valence-electron chi connectivity index (χ3n) is 5.53. The first-order valence-corrected chi connectivity index (χ1v) is 9.14. The number of hydrogen-bond donors (Lipinski definition) is 1. The molecule has 2 atom stereocenters. The molecule has 1 aromatic heterocycles. The van der Waals surface area contributed by atoms with E-state index in [1.807, 2.05) is 0 Å². The van der Waals surface area contributed by atoms with Crippen LogP contribution in [0.15, 0.2) is 24.3 Å². The normalized spacial score (nSPS) is 21.8. The van der Waals surface area contributed by atoms with E-state index in [2.05, 4.69) is 5.10 Å².